The molecule has 1 N–H and O–H groups in total. The van der Waals surface area contributed by atoms with E-state index in [1.165, 1.54) is 5.56 Å². The fraction of sp³-hybridized carbons (Fsp3) is 0.250. The van der Waals surface area contributed by atoms with Crippen molar-refractivity contribution in [3.8, 4) is 0 Å². The zero-order chi connectivity index (χ0) is 12.5. The monoisotopic (exact) mass is 242 g/mol. The van der Waals surface area contributed by atoms with Crippen LogP contribution in [0, 0.1) is 6.92 Å². The fourth-order valence-corrected chi connectivity index (χ4v) is 2.00. The maximum atomic E-state index is 4.33. The number of rotatable bonds is 3. The topological polar surface area (TPSA) is 60.0 Å². The predicted octanol–water partition coefficient (Wildman–Crippen LogP) is 1.38. The number of fused-ring (bicyclic) bond motifs is 1. The molecule has 92 valence electrons. The van der Waals surface area contributed by atoms with Gasteiger partial charge in [0.1, 0.15) is 5.52 Å². The van der Waals surface area contributed by atoms with Crippen molar-refractivity contribution in [3.63, 3.8) is 0 Å². The second-order valence-electron chi connectivity index (χ2n) is 4.20. The van der Waals surface area contributed by atoms with Gasteiger partial charge in [-0.1, -0.05) is 0 Å². The van der Waals surface area contributed by atoms with Crippen LogP contribution in [0.4, 0.5) is 5.82 Å². The van der Waals surface area contributed by atoms with Crippen LogP contribution >= 0.6 is 0 Å². The summed E-state index contributed by atoms with van der Waals surface area (Å²) < 4.78 is 3.62. The van der Waals surface area contributed by atoms with Crippen molar-refractivity contribution in [3.05, 3.63) is 42.1 Å². The molecule has 3 rings (SSSR count). The molecule has 0 saturated carbocycles. The highest BCUT2D eigenvalue weighted by molar-refractivity contribution is 5.66. The van der Waals surface area contributed by atoms with Crippen LogP contribution in [0.2, 0.25) is 0 Å². The molecule has 0 radical (unpaired) electrons. The van der Waals surface area contributed by atoms with Crippen LogP contribution in [-0.2, 0) is 13.6 Å². The maximum Gasteiger partial charge on any atom is 0.152 e. The Hall–Kier alpha value is -2.37. The number of aromatic nitrogens is 5. The lowest BCUT2D eigenvalue weighted by molar-refractivity contribution is 0.756. The lowest BCUT2D eigenvalue weighted by Crippen LogP contribution is -2.03. The zero-order valence-electron chi connectivity index (χ0n) is 10.3. The lowest BCUT2D eigenvalue weighted by atomic mass is 10.2. The number of aryl methyl sites for hydroxylation is 2. The number of anilines is 1. The Morgan fingerprint density at radius 3 is 3.00 bits per heavy atom. The van der Waals surface area contributed by atoms with E-state index in [0.29, 0.717) is 6.54 Å². The molecule has 0 bridgehead atoms. The Balaban J connectivity index is 1.85. The van der Waals surface area contributed by atoms with E-state index in [9.17, 15) is 0 Å². The molecular weight excluding hydrogens is 228 g/mol. The summed E-state index contributed by atoms with van der Waals surface area (Å²) in [7, 11) is 1.92. The summed E-state index contributed by atoms with van der Waals surface area (Å²) in [6.07, 6.45) is 7.34. The van der Waals surface area contributed by atoms with Gasteiger partial charge >= 0.3 is 0 Å². The lowest BCUT2D eigenvalue weighted by Gasteiger charge is -2.05. The Morgan fingerprint density at radius 1 is 1.33 bits per heavy atom. The van der Waals surface area contributed by atoms with Gasteiger partial charge < -0.3 is 5.32 Å². The summed E-state index contributed by atoms with van der Waals surface area (Å²) in [5.41, 5.74) is 3.17. The van der Waals surface area contributed by atoms with E-state index < -0.39 is 0 Å². The molecule has 0 aliphatic rings. The first-order valence-electron chi connectivity index (χ1n) is 5.75. The zero-order valence-corrected chi connectivity index (χ0v) is 10.3. The molecular formula is C12H14N6. The number of hydrogen-bond acceptors (Lipinski definition) is 4. The van der Waals surface area contributed by atoms with Crippen molar-refractivity contribution in [2.75, 3.05) is 5.32 Å². The van der Waals surface area contributed by atoms with Crippen LogP contribution in [0.25, 0.3) is 5.52 Å². The van der Waals surface area contributed by atoms with Gasteiger partial charge in [-0.05, 0) is 13.0 Å². The Morgan fingerprint density at radius 2 is 2.22 bits per heavy atom. The minimum Gasteiger partial charge on any atom is -0.364 e. The molecule has 0 aliphatic carbocycles. The molecule has 6 heteroatoms. The molecule has 0 amide bonds. The number of nitrogens with zero attached hydrogens (tertiary/aromatic N) is 5. The van der Waals surface area contributed by atoms with E-state index >= 15 is 0 Å². The van der Waals surface area contributed by atoms with Gasteiger partial charge in [0.15, 0.2) is 5.82 Å². The number of nitrogens with one attached hydrogen (secondary N) is 1. The van der Waals surface area contributed by atoms with Crippen LogP contribution in [0.15, 0.2) is 30.9 Å². The van der Waals surface area contributed by atoms with Gasteiger partial charge in [-0.3, -0.25) is 4.68 Å². The Bertz CT molecular complexity index is 681. The second-order valence-corrected chi connectivity index (χ2v) is 4.20. The van der Waals surface area contributed by atoms with Crippen LogP contribution in [0.1, 0.15) is 11.3 Å². The summed E-state index contributed by atoms with van der Waals surface area (Å²) in [5, 5.41) is 11.8. The third-order valence-electron chi connectivity index (χ3n) is 2.89. The summed E-state index contributed by atoms with van der Waals surface area (Å²) in [6.45, 7) is 2.71. The first kappa shape index (κ1) is 10.8. The third-order valence-corrected chi connectivity index (χ3v) is 2.89. The van der Waals surface area contributed by atoms with E-state index in [0.717, 1.165) is 17.0 Å². The highest BCUT2D eigenvalue weighted by atomic mass is 15.3. The molecule has 0 aliphatic heterocycles. The summed E-state index contributed by atoms with van der Waals surface area (Å²) >= 11 is 0. The van der Waals surface area contributed by atoms with E-state index in [1.54, 1.807) is 16.9 Å². The molecule has 0 unspecified atom stereocenters. The summed E-state index contributed by atoms with van der Waals surface area (Å²) in [5.74, 6) is 0.832. The highest BCUT2D eigenvalue weighted by Crippen LogP contribution is 2.14. The van der Waals surface area contributed by atoms with Crippen molar-refractivity contribution in [1.82, 2.24) is 24.4 Å². The molecule has 0 aromatic carbocycles. The van der Waals surface area contributed by atoms with Gasteiger partial charge in [0.25, 0.3) is 0 Å². The number of hydrogen-bond donors (Lipinski definition) is 1. The highest BCUT2D eigenvalue weighted by Gasteiger charge is 2.05. The molecule has 0 spiro atoms. The van der Waals surface area contributed by atoms with Crippen LogP contribution < -0.4 is 5.32 Å². The second kappa shape index (κ2) is 4.14. The molecule has 18 heavy (non-hydrogen) atoms. The molecule has 0 saturated heterocycles. The SMILES string of the molecule is Cc1nn(C)cc1CNc1nccn2nccc12. The van der Waals surface area contributed by atoms with Gasteiger partial charge in [0.05, 0.1) is 11.9 Å². The predicted molar refractivity (Wildman–Crippen MR) is 68.3 cm³/mol. The Labute approximate surface area is 104 Å². The van der Waals surface area contributed by atoms with Gasteiger partial charge in [-0.15, -0.1) is 0 Å². The largest absolute Gasteiger partial charge is 0.364 e. The van der Waals surface area contributed by atoms with Gasteiger partial charge in [0, 0.05) is 37.7 Å². The van der Waals surface area contributed by atoms with E-state index in [1.807, 2.05) is 37.1 Å². The van der Waals surface area contributed by atoms with E-state index in [-0.39, 0.29) is 0 Å². The average Bonchev–Trinajstić information content (AvgIpc) is 2.93. The van der Waals surface area contributed by atoms with Crippen LogP contribution in [0.5, 0.6) is 0 Å². The van der Waals surface area contributed by atoms with Crippen molar-refractivity contribution < 1.29 is 0 Å². The quantitative estimate of drug-likeness (QED) is 0.754. The van der Waals surface area contributed by atoms with E-state index in [2.05, 4.69) is 20.5 Å². The molecule has 3 aromatic heterocycles. The molecule has 3 heterocycles. The first-order chi connectivity index (χ1) is 8.74. The fourth-order valence-electron chi connectivity index (χ4n) is 2.00. The van der Waals surface area contributed by atoms with Crippen molar-refractivity contribution in [2.24, 2.45) is 7.05 Å². The van der Waals surface area contributed by atoms with E-state index in [4.69, 9.17) is 0 Å². The maximum absolute atomic E-state index is 4.33. The van der Waals surface area contributed by atoms with Gasteiger partial charge in [-0.2, -0.15) is 10.2 Å². The normalized spacial score (nSPS) is 11.0. The minimum absolute atomic E-state index is 0.706. The molecule has 6 nitrogen and oxygen atoms in total. The smallest absolute Gasteiger partial charge is 0.152 e. The van der Waals surface area contributed by atoms with Crippen molar-refractivity contribution in [2.45, 2.75) is 13.5 Å². The molecule has 0 atom stereocenters. The third kappa shape index (κ3) is 1.81. The Kier molecular flexibility index (Phi) is 2.47. The average molecular weight is 242 g/mol. The molecule has 3 aromatic rings. The van der Waals surface area contributed by atoms with Crippen LogP contribution in [0.3, 0.4) is 0 Å². The minimum atomic E-state index is 0.706. The standard InChI is InChI=1S/C12H14N6/c1-9-10(8-17(2)16-9)7-14-12-11-3-4-15-18(11)6-5-13-12/h3-6,8H,7H2,1-2H3,(H,13,14). The first-order valence-corrected chi connectivity index (χ1v) is 5.75. The van der Waals surface area contributed by atoms with Crippen molar-refractivity contribution in [1.29, 1.82) is 0 Å². The van der Waals surface area contributed by atoms with Gasteiger partial charge in [0.2, 0.25) is 0 Å². The summed E-state index contributed by atoms with van der Waals surface area (Å²) in [4.78, 5) is 4.33. The molecule has 0 fully saturated rings. The summed E-state index contributed by atoms with van der Waals surface area (Å²) in [6, 6.07) is 1.94. The van der Waals surface area contributed by atoms with Crippen LogP contribution in [-0.4, -0.2) is 24.4 Å². The van der Waals surface area contributed by atoms with Crippen molar-refractivity contribution >= 4 is 11.3 Å². The van der Waals surface area contributed by atoms with Gasteiger partial charge in [-0.25, -0.2) is 9.50 Å².